The van der Waals surface area contributed by atoms with Gasteiger partial charge >= 0.3 is 0 Å². The summed E-state index contributed by atoms with van der Waals surface area (Å²) < 4.78 is 25.3. The lowest BCUT2D eigenvalue weighted by atomic mass is 9.98. The van der Waals surface area contributed by atoms with Crippen molar-refractivity contribution in [2.45, 2.75) is 18.2 Å². The lowest BCUT2D eigenvalue weighted by molar-refractivity contribution is 0.525. The third kappa shape index (κ3) is 3.52. The lowest BCUT2D eigenvalue weighted by Crippen LogP contribution is -2.30. The smallest absolute Gasteiger partial charge is 0.158 e. The Hall–Kier alpha value is -1.65. The molecule has 0 spiro atoms. The van der Waals surface area contributed by atoms with E-state index in [1.165, 1.54) is 0 Å². The molecule has 0 heterocycles. The molecule has 0 amide bonds. The van der Waals surface area contributed by atoms with E-state index in [0.717, 1.165) is 11.1 Å². The molecule has 2 atom stereocenters. The van der Waals surface area contributed by atoms with E-state index in [4.69, 9.17) is 0 Å². The van der Waals surface area contributed by atoms with Crippen molar-refractivity contribution in [2.75, 3.05) is 12.8 Å². The van der Waals surface area contributed by atoms with Crippen LogP contribution in [0.25, 0.3) is 0 Å². The van der Waals surface area contributed by atoms with Crippen molar-refractivity contribution in [1.82, 2.24) is 5.32 Å². The fourth-order valence-corrected chi connectivity index (χ4v) is 4.22. The summed E-state index contributed by atoms with van der Waals surface area (Å²) >= 11 is 0. The predicted molar refractivity (Wildman–Crippen MR) is 86.9 cm³/mol. The molecule has 1 N–H and O–H groups in total. The normalized spacial score (nSPS) is 14.6. The van der Waals surface area contributed by atoms with Gasteiger partial charge in [0.1, 0.15) is 5.25 Å². The van der Waals surface area contributed by atoms with Crippen molar-refractivity contribution in [3.63, 3.8) is 0 Å². The highest BCUT2D eigenvalue weighted by Crippen LogP contribution is 2.35. The van der Waals surface area contributed by atoms with Crippen LogP contribution in [0.1, 0.15) is 29.3 Å². The van der Waals surface area contributed by atoms with Crippen molar-refractivity contribution >= 4 is 9.84 Å². The summed E-state index contributed by atoms with van der Waals surface area (Å²) in [5.41, 5.74) is 1.80. The van der Waals surface area contributed by atoms with Crippen LogP contribution in [-0.4, -0.2) is 21.2 Å². The van der Waals surface area contributed by atoms with Crippen LogP contribution in [0.3, 0.4) is 0 Å². The minimum absolute atomic E-state index is 0.123. The zero-order chi connectivity index (χ0) is 15.3. The molecule has 0 radical (unpaired) electrons. The first-order chi connectivity index (χ1) is 10.1. The first-order valence-corrected chi connectivity index (χ1v) is 8.80. The van der Waals surface area contributed by atoms with Gasteiger partial charge in [-0.05, 0) is 18.2 Å². The number of hydrogen-bond acceptors (Lipinski definition) is 3. The standard InChI is InChI=1S/C17H21NO2S/c1-3-21(19,20)17(15-12-8-5-9-13-15)16(18-2)14-10-6-4-7-11-14/h4-13,16-18H,3H2,1-2H3. The van der Waals surface area contributed by atoms with Gasteiger partial charge in [0, 0.05) is 5.75 Å². The van der Waals surface area contributed by atoms with Crippen LogP contribution in [0.4, 0.5) is 0 Å². The van der Waals surface area contributed by atoms with Crippen LogP contribution in [0.5, 0.6) is 0 Å². The summed E-state index contributed by atoms with van der Waals surface area (Å²) in [5, 5.41) is 2.59. The molecule has 0 aliphatic carbocycles. The Bertz CT molecular complexity index is 654. The van der Waals surface area contributed by atoms with E-state index in [0.29, 0.717) is 0 Å². The van der Waals surface area contributed by atoms with Crippen LogP contribution in [-0.2, 0) is 9.84 Å². The maximum atomic E-state index is 12.6. The second kappa shape index (κ2) is 6.87. The van der Waals surface area contributed by atoms with E-state index in [1.54, 1.807) is 14.0 Å². The minimum Gasteiger partial charge on any atom is -0.312 e. The molecule has 0 aliphatic heterocycles. The van der Waals surface area contributed by atoms with Crippen LogP contribution >= 0.6 is 0 Å². The Morgan fingerprint density at radius 2 is 1.38 bits per heavy atom. The number of hydrogen-bond donors (Lipinski definition) is 1. The molecule has 3 nitrogen and oxygen atoms in total. The van der Waals surface area contributed by atoms with E-state index < -0.39 is 15.1 Å². The largest absolute Gasteiger partial charge is 0.312 e. The van der Waals surface area contributed by atoms with Crippen molar-refractivity contribution in [1.29, 1.82) is 0 Å². The average Bonchev–Trinajstić information content (AvgIpc) is 2.54. The molecule has 2 unspecified atom stereocenters. The molecular weight excluding hydrogens is 282 g/mol. The van der Waals surface area contributed by atoms with Gasteiger partial charge in [-0.15, -0.1) is 0 Å². The highest BCUT2D eigenvalue weighted by atomic mass is 32.2. The fourth-order valence-electron chi connectivity index (χ4n) is 2.58. The van der Waals surface area contributed by atoms with Gasteiger partial charge in [0.15, 0.2) is 9.84 Å². The van der Waals surface area contributed by atoms with Crippen LogP contribution < -0.4 is 5.32 Å². The molecule has 0 aliphatic rings. The van der Waals surface area contributed by atoms with Gasteiger partial charge in [0.2, 0.25) is 0 Å². The fraction of sp³-hybridized carbons (Fsp3) is 0.294. The summed E-state index contributed by atoms with van der Waals surface area (Å²) in [6.45, 7) is 1.70. The van der Waals surface area contributed by atoms with E-state index in [1.807, 2.05) is 60.7 Å². The van der Waals surface area contributed by atoms with Gasteiger partial charge < -0.3 is 5.32 Å². The van der Waals surface area contributed by atoms with Gasteiger partial charge in [-0.1, -0.05) is 67.6 Å². The van der Waals surface area contributed by atoms with Crippen LogP contribution in [0.2, 0.25) is 0 Å². The van der Waals surface area contributed by atoms with Crippen LogP contribution in [0, 0.1) is 0 Å². The third-order valence-corrected chi connectivity index (χ3v) is 5.81. The van der Waals surface area contributed by atoms with Gasteiger partial charge in [-0.3, -0.25) is 0 Å². The minimum atomic E-state index is -3.24. The highest BCUT2D eigenvalue weighted by Gasteiger charge is 2.33. The first-order valence-electron chi connectivity index (χ1n) is 7.09. The Labute approximate surface area is 126 Å². The Morgan fingerprint density at radius 3 is 1.81 bits per heavy atom. The predicted octanol–water partition coefficient (Wildman–Crippen LogP) is 3.12. The Balaban J connectivity index is 2.54. The van der Waals surface area contributed by atoms with E-state index in [2.05, 4.69) is 5.32 Å². The molecule has 0 aromatic heterocycles. The number of nitrogens with one attached hydrogen (secondary N) is 1. The molecule has 0 fully saturated rings. The molecular formula is C17H21NO2S. The van der Waals surface area contributed by atoms with E-state index >= 15 is 0 Å². The topological polar surface area (TPSA) is 46.2 Å². The molecule has 112 valence electrons. The SMILES string of the molecule is CCS(=O)(=O)C(c1ccccc1)C(NC)c1ccccc1. The molecule has 0 bridgehead atoms. The van der Waals surface area contributed by atoms with Crippen molar-refractivity contribution in [2.24, 2.45) is 0 Å². The zero-order valence-electron chi connectivity index (χ0n) is 12.4. The van der Waals surface area contributed by atoms with Gasteiger partial charge in [0.25, 0.3) is 0 Å². The first kappa shape index (κ1) is 15.7. The average molecular weight is 303 g/mol. The zero-order valence-corrected chi connectivity index (χ0v) is 13.2. The lowest BCUT2D eigenvalue weighted by Gasteiger charge is -2.27. The molecule has 21 heavy (non-hydrogen) atoms. The van der Waals surface area contributed by atoms with Crippen molar-refractivity contribution in [3.05, 3.63) is 71.8 Å². The second-order valence-corrected chi connectivity index (χ2v) is 7.37. The second-order valence-electron chi connectivity index (χ2n) is 4.96. The number of rotatable bonds is 6. The maximum Gasteiger partial charge on any atom is 0.158 e. The van der Waals surface area contributed by atoms with Crippen LogP contribution in [0.15, 0.2) is 60.7 Å². The highest BCUT2D eigenvalue weighted by molar-refractivity contribution is 7.91. The molecule has 2 aromatic rings. The van der Waals surface area contributed by atoms with Crippen molar-refractivity contribution < 1.29 is 8.42 Å². The number of benzene rings is 2. The maximum absolute atomic E-state index is 12.6. The summed E-state index contributed by atoms with van der Waals surface area (Å²) in [6.07, 6.45) is 0. The summed E-state index contributed by atoms with van der Waals surface area (Å²) in [7, 11) is -1.43. The molecule has 0 saturated heterocycles. The third-order valence-electron chi connectivity index (χ3n) is 3.69. The quantitative estimate of drug-likeness (QED) is 0.892. The molecule has 4 heteroatoms. The number of likely N-dealkylation sites (N-methyl/N-ethyl adjacent to an activating group) is 1. The molecule has 0 saturated carbocycles. The number of sulfone groups is 1. The van der Waals surface area contributed by atoms with Crippen molar-refractivity contribution in [3.8, 4) is 0 Å². The summed E-state index contributed by atoms with van der Waals surface area (Å²) in [5.74, 6) is 0.123. The van der Waals surface area contributed by atoms with Gasteiger partial charge in [-0.25, -0.2) is 8.42 Å². The summed E-state index contributed by atoms with van der Waals surface area (Å²) in [4.78, 5) is 0. The van der Waals surface area contributed by atoms with E-state index in [-0.39, 0.29) is 11.8 Å². The molecule has 2 aromatic carbocycles. The van der Waals surface area contributed by atoms with E-state index in [9.17, 15) is 8.42 Å². The van der Waals surface area contributed by atoms with Gasteiger partial charge in [-0.2, -0.15) is 0 Å². The monoisotopic (exact) mass is 303 g/mol. The Kier molecular flexibility index (Phi) is 5.15. The Morgan fingerprint density at radius 1 is 0.905 bits per heavy atom. The van der Waals surface area contributed by atoms with Gasteiger partial charge in [0.05, 0.1) is 6.04 Å². The molecule has 2 rings (SSSR count). The summed E-state index contributed by atoms with van der Waals surface area (Å²) in [6, 6.07) is 18.9.